The van der Waals surface area contributed by atoms with Crippen LogP contribution in [0.2, 0.25) is 0 Å². The van der Waals surface area contributed by atoms with Gasteiger partial charge in [0.2, 0.25) is 5.95 Å². The van der Waals surface area contributed by atoms with E-state index in [1.807, 2.05) is 0 Å². The number of rotatable bonds is 3. The van der Waals surface area contributed by atoms with E-state index in [9.17, 15) is 4.79 Å². The Kier molecular flexibility index (Phi) is 3.08. The van der Waals surface area contributed by atoms with Gasteiger partial charge in [-0.1, -0.05) is 0 Å². The first-order valence-corrected chi connectivity index (χ1v) is 6.41. The molecular formula is C10H10N8OS. The Morgan fingerprint density at radius 3 is 2.95 bits per heavy atom. The maximum Gasteiger partial charge on any atom is 0.251 e. The van der Waals surface area contributed by atoms with Gasteiger partial charge < -0.3 is 4.98 Å². The first-order valence-electron chi connectivity index (χ1n) is 5.59. The molecule has 0 atom stereocenters. The normalized spacial score (nSPS) is 10.9. The number of aromatic amines is 2. The van der Waals surface area contributed by atoms with Crippen LogP contribution in [-0.2, 0) is 0 Å². The molecule has 0 spiro atoms. The van der Waals surface area contributed by atoms with Gasteiger partial charge >= 0.3 is 0 Å². The van der Waals surface area contributed by atoms with E-state index in [4.69, 9.17) is 5.84 Å². The zero-order valence-corrected chi connectivity index (χ0v) is 11.2. The lowest BCUT2D eigenvalue weighted by atomic mass is 10.4. The van der Waals surface area contributed by atoms with Crippen molar-refractivity contribution in [3.63, 3.8) is 0 Å². The van der Waals surface area contributed by atoms with Crippen molar-refractivity contribution >= 4 is 28.7 Å². The highest BCUT2D eigenvalue weighted by atomic mass is 32.2. The second-order valence-corrected chi connectivity index (χ2v) is 4.90. The Morgan fingerprint density at radius 2 is 2.20 bits per heavy atom. The number of aromatic nitrogens is 6. The molecule has 102 valence electrons. The predicted octanol–water partition coefficient (Wildman–Crippen LogP) is 0.181. The average molecular weight is 290 g/mol. The van der Waals surface area contributed by atoms with E-state index in [1.165, 1.54) is 17.8 Å². The number of hydrogen-bond donors (Lipinski definition) is 4. The number of nitrogen functional groups attached to an aromatic ring is 1. The fourth-order valence-corrected chi connectivity index (χ4v) is 2.56. The Morgan fingerprint density at radius 1 is 1.35 bits per heavy atom. The van der Waals surface area contributed by atoms with E-state index < -0.39 is 0 Å². The first kappa shape index (κ1) is 12.6. The Labute approximate surface area is 116 Å². The summed E-state index contributed by atoms with van der Waals surface area (Å²) in [5.41, 5.74) is 3.35. The molecule has 0 unspecified atom stereocenters. The molecule has 5 N–H and O–H groups in total. The van der Waals surface area contributed by atoms with Crippen LogP contribution in [0, 0.1) is 6.92 Å². The number of H-pyrrole nitrogens is 2. The van der Waals surface area contributed by atoms with Crippen LogP contribution in [-0.4, -0.2) is 30.1 Å². The van der Waals surface area contributed by atoms with Crippen LogP contribution < -0.4 is 16.8 Å². The van der Waals surface area contributed by atoms with Gasteiger partial charge in [-0.3, -0.25) is 15.3 Å². The minimum absolute atomic E-state index is 0.213. The first-order chi connectivity index (χ1) is 9.65. The van der Waals surface area contributed by atoms with Gasteiger partial charge in [0, 0.05) is 11.8 Å². The van der Waals surface area contributed by atoms with Gasteiger partial charge in [0.1, 0.15) is 5.03 Å². The lowest BCUT2D eigenvalue weighted by Crippen LogP contribution is -2.11. The molecule has 3 heterocycles. The Bertz CT molecular complexity index is 825. The second-order valence-electron chi connectivity index (χ2n) is 3.92. The van der Waals surface area contributed by atoms with Crippen LogP contribution >= 0.6 is 11.8 Å². The fraction of sp³-hybridized carbons (Fsp3) is 0.100. The minimum atomic E-state index is -0.213. The largest absolute Gasteiger partial charge is 0.301 e. The van der Waals surface area contributed by atoms with Gasteiger partial charge in [0.05, 0.1) is 11.6 Å². The van der Waals surface area contributed by atoms with Crippen molar-refractivity contribution in [3.8, 4) is 0 Å². The predicted molar refractivity (Wildman–Crippen MR) is 73.2 cm³/mol. The third kappa shape index (κ3) is 2.33. The van der Waals surface area contributed by atoms with Crippen molar-refractivity contribution in [3.05, 3.63) is 28.3 Å². The van der Waals surface area contributed by atoms with Gasteiger partial charge in [-0.05, 0) is 18.7 Å². The van der Waals surface area contributed by atoms with Crippen molar-refractivity contribution in [1.82, 2.24) is 30.1 Å². The summed E-state index contributed by atoms with van der Waals surface area (Å²) >= 11 is 1.21. The number of nitrogens with zero attached hydrogens (tertiary/aromatic N) is 4. The van der Waals surface area contributed by atoms with Crippen molar-refractivity contribution < 1.29 is 0 Å². The topological polar surface area (TPSA) is 138 Å². The van der Waals surface area contributed by atoms with Crippen molar-refractivity contribution in [1.29, 1.82) is 0 Å². The summed E-state index contributed by atoms with van der Waals surface area (Å²) in [6.07, 6.45) is 1.60. The number of anilines is 1. The van der Waals surface area contributed by atoms with E-state index in [0.29, 0.717) is 21.5 Å². The second kappa shape index (κ2) is 4.90. The molecule has 0 aromatic carbocycles. The molecule has 0 bridgehead atoms. The summed E-state index contributed by atoms with van der Waals surface area (Å²) in [5.74, 6) is 5.58. The monoisotopic (exact) mass is 290 g/mol. The van der Waals surface area contributed by atoms with E-state index in [1.54, 1.807) is 13.1 Å². The highest BCUT2D eigenvalue weighted by molar-refractivity contribution is 7.99. The molecule has 0 aliphatic heterocycles. The molecule has 0 radical (unpaired) electrons. The number of nitrogens with two attached hydrogens (primary N) is 1. The Balaban J connectivity index is 2.09. The third-order valence-corrected chi connectivity index (χ3v) is 3.34. The molecule has 0 saturated carbocycles. The van der Waals surface area contributed by atoms with Gasteiger partial charge in [0.15, 0.2) is 10.8 Å². The number of hydrazine groups is 1. The van der Waals surface area contributed by atoms with Gasteiger partial charge in [-0.25, -0.2) is 15.8 Å². The van der Waals surface area contributed by atoms with Crippen molar-refractivity contribution in [2.75, 3.05) is 5.43 Å². The summed E-state index contributed by atoms with van der Waals surface area (Å²) in [4.78, 5) is 26.7. The summed E-state index contributed by atoms with van der Waals surface area (Å²) in [5, 5.41) is 8.41. The maximum atomic E-state index is 11.4. The number of hydrogen-bond acceptors (Lipinski definition) is 8. The van der Waals surface area contributed by atoms with E-state index in [-0.39, 0.29) is 11.5 Å². The zero-order chi connectivity index (χ0) is 14.1. The Hall–Kier alpha value is -2.46. The molecule has 0 aliphatic carbocycles. The van der Waals surface area contributed by atoms with Crippen LogP contribution in [0.15, 0.2) is 27.2 Å². The average Bonchev–Trinajstić information content (AvgIpc) is 2.85. The minimum Gasteiger partial charge on any atom is -0.301 e. The van der Waals surface area contributed by atoms with Crippen LogP contribution in [0.25, 0.3) is 11.0 Å². The lowest BCUT2D eigenvalue weighted by molar-refractivity contribution is 0.902. The lowest BCUT2D eigenvalue weighted by Gasteiger charge is -2.04. The summed E-state index contributed by atoms with van der Waals surface area (Å²) in [6, 6.07) is 1.42. The quantitative estimate of drug-likeness (QED) is 0.232. The molecular weight excluding hydrogens is 280 g/mol. The zero-order valence-electron chi connectivity index (χ0n) is 10.3. The number of fused-ring (bicyclic) bond motifs is 1. The number of nitrogens with one attached hydrogen (secondary N) is 3. The highest BCUT2D eigenvalue weighted by Crippen LogP contribution is 2.28. The summed E-state index contributed by atoms with van der Waals surface area (Å²) < 4.78 is 0. The summed E-state index contributed by atoms with van der Waals surface area (Å²) in [7, 11) is 0. The van der Waals surface area contributed by atoms with Gasteiger partial charge in [0.25, 0.3) is 5.56 Å². The molecule has 3 aromatic heterocycles. The van der Waals surface area contributed by atoms with Crippen LogP contribution in [0.4, 0.5) is 5.95 Å². The van der Waals surface area contributed by atoms with Crippen molar-refractivity contribution in [2.24, 2.45) is 5.84 Å². The molecule has 0 fully saturated rings. The smallest absolute Gasteiger partial charge is 0.251 e. The molecule has 20 heavy (non-hydrogen) atoms. The molecule has 10 heteroatoms. The number of aryl methyl sites for hydroxylation is 1. The van der Waals surface area contributed by atoms with E-state index in [2.05, 4.69) is 35.6 Å². The molecule has 0 saturated heterocycles. The highest BCUT2D eigenvalue weighted by Gasteiger charge is 2.12. The molecule has 3 aromatic rings. The van der Waals surface area contributed by atoms with E-state index >= 15 is 0 Å². The van der Waals surface area contributed by atoms with Gasteiger partial charge in [-0.2, -0.15) is 10.1 Å². The fourth-order valence-electron chi connectivity index (χ4n) is 1.64. The van der Waals surface area contributed by atoms with Crippen LogP contribution in [0.1, 0.15) is 5.69 Å². The SMILES string of the molecule is Cc1cc(=O)[nH]c(Sc2nc(NN)nc3[nH]ncc23)n1. The van der Waals surface area contributed by atoms with Crippen LogP contribution in [0.5, 0.6) is 0 Å². The molecule has 0 aliphatic rings. The van der Waals surface area contributed by atoms with Gasteiger partial charge in [-0.15, -0.1) is 0 Å². The molecule has 3 rings (SSSR count). The maximum absolute atomic E-state index is 11.4. The van der Waals surface area contributed by atoms with E-state index in [0.717, 1.165) is 5.39 Å². The standard InChI is InChI=1S/C10H10N8OS/c1-4-2-6(19)14-10(13-4)20-8-5-3-12-18-7(5)15-9(16-8)17-11/h2-3H,11H2,1H3,(H,13,14,19)(H2,12,15,16,17,18). The van der Waals surface area contributed by atoms with Crippen molar-refractivity contribution in [2.45, 2.75) is 17.1 Å². The third-order valence-electron chi connectivity index (χ3n) is 2.45. The summed E-state index contributed by atoms with van der Waals surface area (Å²) in [6.45, 7) is 1.75. The van der Waals surface area contributed by atoms with Crippen LogP contribution in [0.3, 0.4) is 0 Å². The molecule has 0 amide bonds. The molecule has 9 nitrogen and oxygen atoms in total.